The first-order valence-corrected chi connectivity index (χ1v) is 7.74. The average Bonchev–Trinajstić information content (AvgIpc) is 2.79. The van der Waals surface area contributed by atoms with E-state index >= 15 is 0 Å². The molecule has 1 amide bonds. The molecule has 1 aromatic heterocycles. The summed E-state index contributed by atoms with van der Waals surface area (Å²) in [5.74, 6) is -0.250. The van der Waals surface area contributed by atoms with Crippen molar-refractivity contribution in [3.05, 3.63) is 46.9 Å². The molecule has 1 heterocycles. The molecule has 0 saturated heterocycles. The van der Waals surface area contributed by atoms with Gasteiger partial charge >= 0.3 is 0 Å². The van der Waals surface area contributed by atoms with Crippen LogP contribution < -0.4 is 10.5 Å². The van der Waals surface area contributed by atoms with Crippen LogP contribution in [0.25, 0.3) is 0 Å². The van der Waals surface area contributed by atoms with Crippen LogP contribution in [0.5, 0.6) is 0 Å². The zero-order chi connectivity index (χ0) is 15.8. The summed E-state index contributed by atoms with van der Waals surface area (Å²) < 4.78 is 28.0. The fourth-order valence-corrected chi connectivity index (χ4v) is 2.53. The van der Waals surface area contributed by atoms with Gasteiger partial charge in [-0.2, -0.15) is 0 Å². The Morgan fingerprint density at radius 1 is 1.19 bits per heavy atom. The predicted octanol–water partition coefficient (Wildman–Crippen LogP) is 2.10. The molecular formula is C14H16N2O4S. The number of nitrogens with one attached hydrogen (secondary N) is 1. The Kier molecular flexibility index (Phi) is 3.89. The monoisotopic (exact) mass is 308 g/mol. The van der Waals surface area contributed by atoms with Crippen LogP contribution in [-0.4, -0.2) is 14.3 Å². The number of nitrogens with two attached hydrogens (primary N) is 1. The van der Waals surface area contributed by atoms with Crippen molar-refractivity contribution in [2.45, 2.75) is 25.7 Å². The van der Waals surface area contributed by atoms with Crippen molar-refractivity contribution in [3.63, 3.8) is 0 Å². The maximum absolute atomic E-state index is 12.1. The number of sulfonamides is 1. The van der Waals surface area contributed by atoms with Gasteiger partial charge in [-0.05, 0) is 50.1 Å². The highest BCUT2D eigenvalue weighted by Gasteiger charge is 2.17. The lowest BCUT2D eigenvalue weighted by Gasteiger charge is -2.12. The van der Waals surface area contributed by atoms with Gasteiger partial charge in [0.15, 0.2) is 5.76 Å². The first-order chi connectivity index (χ1) is 9.70. The molecule has 1 aromatic carbocycles. The molecule has 0 fully saturated rings. The van der Waals surface area contributed by atoms with E-state index in [-0.39, 0.29) is 10.7 Å². The lowest BCUT2D eigenvalue weighted by atomic mass is 10.1. The number of rotatable bonds is 3. The Morgan fingerprint density at radius 2 is 1.86 bits per heavy atom. The summed E-state index contributed by atoms with van der Waals surface area (Å²) in [6.45, 7) is 5.28. The first-order valence-electron chi connectivity index (χ1n) is 6.19. The number of carbonyl (C=O) groups is 1. The fourth-order valence-electron chi connectivity index (χ4n) is 1.90. The van der Waals surface area contributed by atoms with Crippen LogP contribution in [0.4, 0.5) is 5.69 Å². The van der Waals surface area contributed by atoms with E-state index in [0.717, 1.165) is 5.56 Å². The molecule has 21 heavy (non-hydrogen) atoms. The minimum atomic E-state index is -3.84. The molecule has 0 aliphatic rings. The zero-order valence-electron chi connectivity index (χ0n) is 11.9. The molecule has 0 spiro atoms. The molecule has 0 saturated carbocycles. The maximum Gasteiger partial charge on any atom is 0.291 e. The van der Waals surface area contributed by atoms with Crippen LogP contribution in [0.15, 0.2) is 33.8 Å². The van der Waals surface area contributed by atoms with Crippen LogP contribution in [0.3, 0.4) is 0 Å². The maximum atomic E-state index is 12.1. The quantitative estimate of drug-likeness (QED) is 0.906. The third-order valence-corrected chi connectivity index (χ3v) is 4.18. The summed E-state index contributed by atoms with van der Waals surface area (Å²) in [6.07, 6.45) is 1.42. The van der Waals surface area contributed by atoms with Gasteiger partial charge in [0.05, 0.1) is 11.2 Å². The van der Waals surface area contributed by atoms with Crippen molar-refractivity contribution in [3.8, 4) is 0 Å². The van der Waals surface area contributed by atoms with Crippen LogP contribution in [0.1, 0.15) is 27.2 Å². The summed E-state index contributed by atoms with van der Waals surface area (Å²) in [6, 6.07) is 4.49. The SMILES string of the molecule is Cc1ccoc1C(=O)Nc1cc(S(N)(=O)=O)cc(C)c1C. The second kappa shape index (κ2) is 5.34. The Balaban J connectivity index is 2.43. The third kappa shape index (κ3) is 3.14. The van der Waals surface area contributed by atoms with Gasteiger partial charge in [-0.3, -0.25) is 4.79 Å². The van der Waals surface area contributed by atoms with Gasteiger partial charge in [0, 0.05) is 11.3 Å². The van der Waals surface area contributed by atoms with E-state index in [9.17, 15) is 13.2 Å². The highest BCUT2D eigenvalue weighted by Crippen LogP contribution is 2.24. The van der Waals surface area contributed by atoms with Crippen molar-refractivity contribution in [2.24, 2.45) is 5.14 Å². The summed E-state index contributed by atoms with van der Waals surface area (Å²) in [4.78, 5) is 12.1. The number of benzene rings is 1. The number of anilines is 1. The second-order valence-corrected chi connectivity index (χ2v) is 6.41. The van der Waals surface area contributed by atoms with Crippen LogP contribution in [0, 0.1) is 20.8 Å². The zero-order valence-corrected chi connectivity index (χ0v) is 12.7. The van der Waals surface area contributed by atoms with Gasteiger partial charge in [0.1, 0.15) is 0 Å². The van der Waals surface area contributed by atoms with E-state index < -0.39 is 15.9 Å². The largest absolute Gasteiger partial charge is 0.459 e. The number of primary sulfonamides is 1. The van der Waals surface area contributed by atoms with Crippen LogP contribution >= 0.6 is 0 Å². The van der Waals surface area contributed by atoms with Crippen molar-refractivity contribution < 1.29 is 17.6 Å². The van der Waals surface area contributed by atoms with E-state index in [2.05, 4.69) is 5.32 Å². The molecular weight excluding hydrogens is 292 g/mol. The average molecular weight is 308 g/mol. The number of carbonyl (C=O) groups excluding carboxylic acids is 1. The van der Waals surface area contributed by atoms with Crippen molar-refractivity contribution in [1.82, 2.24) is 0 Å². The molecule has 3 N–H and O–H groups in total. The van der Waals surface area contributed by atoms with E-state index in [1.165, 1.54) is 18.4 Å². The summed E-state index contributed by atoms with van der Waals surface area (Å²) in [5, 5.41) is 7.79. The summed E-state index contributed by atoms with van der Waals surface area (Å²) >= 11 is 0. The van der Waals surface area contributed by atoms with Gasteiger partial charge in [-0.15, -0.1) is 0 Å². The number of amides is 1. The van der Waals surface area contributed by atoms with E-state index in [1.54, 1.807) is 26.8 Å². The van der Waals surface area contributed by atoms with Gasteiger partial charge < -0.3 is 9.73 Å². The van der Waals surface area contributed by atoms with Crippen molar-refractivity contribution in [1.29, 1.82) is 0 Å². The van der Waals surface area contributed by atoms with E-state index in [0.29, 0.717) is 16.8 Å². The highest BCUT2D eigenvalue weighted by molar-refractivity contribution is 7.89. The standard InChI is InChI=1S/C14H16N2O4S/c1-8-4-5-20-13(8)14(17)16-12-7-11(21(15,18)19)6-9(2)10(12)3/h4-7H,1-3H3,(H,16,17)(H2,15,18,19). The molecule has 0 atom stereocenters. The first kappa shape index (κ1) is 15.3. The third-order valence-electron chi connectivity index (χ3n) is 3.29. The smallest absolute Gasteiger partial charge is 0.291 e. The molecule has 0 bridgehead atoms. The van der Waals surface area contributed by atoms with Crippen LogP contribution in [-0.2, 0) is 10.0 Å². The number of hydrogen-bond acceptors (Lipinski definition) is 4. The highest BCUT2D eigenvalue weighted by atomic mass is 32.2. The lowest BCUT2D eigenvalue weighted by Crippen LogP contribution is -2.16. The molecule has 0 radical (unpaired) electrons. The van der Waals surface area contributed by atoms with E-state index in [1.807, 2.05) is 0 Å². The fraction of sp³-hybridized carbons (Fsp3) is 0.214. The topological polar surface area (TPSA) is 102 Å². The minimum absolute atomic E-state index is 0.0444. The number of furan rings is 1. The molecule has 0 aliphatic carbocycles. The van der Waals surface area contributed by atoms with Gasteiger partial charge in [0.2, 0.25) is 10.0 Å². The molecule has 7 heteroatoms. The van der Waals surface area contributed by atoms with Crippen LogP contribution in [0.2, 0.25) is 0 Å². The Labute approximate surface area is 123 Å². The lowest BCUT2D eigenvalue weighted by molar-refractivity contribution is 0.0995. The molecule has 0 aliphatic heterocycles. The minimum Gasteiger partial charge on any atom is -0.459 e. The summed E-state index contributed by atoms with van der Waals surface area (Å²) in [7, 11) is -3.84. The summed E-state index contributed by atoms with van der Waals surface area (Å²) in [5.41, 5.74) is 2.57. The van der Waals surface area contributed by atoms with Gasteiger partial charge in [0.25, 0.3) is 5.91 Å². The Hall–Kier alpha value is -2.12. The molecule has 2 aromatic rings. The second-order valence-electron chi connectivity index (χ2n) is 4.84. The molecule has 112 valence electrons. The van der Waals surface area contributed by atoms with Gasteiger partial charge in [-0.1, -0.05) is 0 Å². The number of hydrogen-bond donors (Lipinski definition) is 2. The van der Waals surface area contributed by atoms with Gasteiger partial charge in [-0.25, -0.2) is 13.6 Å². The Bertz CT molecular complexity index is 806. The molecule has 2 rings (SSSR count). The molecule has 6 nitrogen and oxygen atoms in total. The predicted molar refractivity (Wildman–Crippen MR) is 78.7 cm³/mol. The molecule has 0 unspecified atom stereocenters. The number of aryl methyl sites for hydroxylation is 2. The normalized spacial score (nSPS) is 11.4. The van der Waals surface area contributed by atoms with Crippen molar-refractivity contribution in [2.75, 3.05) is 5.32 Å². The van der Waals surface area contributed by atoms with E-state index in [4.69, 9.17) is 9.56 Å². The van der Waals surface area contributed by atoms with Crippen molar-refractivity contribution >= 4 is 21.6 Å². The Morgan fingerprint density at radius 3 is 2.38 bits per heavy atom.